The molecule has 15 heavy (non-hydrogen) atoms. The lowest BCUT2D eigenvalue weighted by molar-refractivity contribution is 0.241. The van der Waals surface area contributed by atoms with Gasteiger partial charge in [0.1, 0.15) is 0 Å². The van der Waals surface area contributed by atoms with Crippen LogP contribution in [-0.4, -0.2) is 29.0 Å². The van der Waals surface area contributed by atoms with E-state index in [-0.39, 0.29) is 0 Å². The summed E-state index contributed by atoms with van der Waals surface area (Å²) in [6.07, 6.45) is 11.2. The highest BCUT2D eigenvalue weighted by Crippen LogP contribution is 2.38. The Kier molecular flexibility index (Phi) is 2.10. The first-order valence-electron chi connectivity index (χ1n) is 5.66. The number of fused-ring (bicyclic) bond motifs is 2. The fourth-order valence-electron chi connectivity index (χ4n) is 2.94. The lowest BCUT2D eigenvalue weighted by Gasteiger charge is -2.33. The molecule has 0 amide bonds. The van der Waals surface area contributed by atoms with Gasteiger partial charge in [-0.2, -0.15) is 0 Å². The van der Waals surface area contributed by atoms with Crippen molar-refractivity contribution in [3.63, 3.8) is 0 Å². The third-order valence-corrected chi connectivity index (χ3v) is 3.83. The number of aromatic nitrogens is 1. The van der Waals surface area contributed by atoms with Gasteiger partial charge in [0.2, 0.25) is 0 Å². The van der Waals surface area contributed by atoms with Gasteiger partial charge in [-0.15, -0.1) is 0 Å². The van der Waals surface area contributed by atoms with Crippen LogP contribution < -0.4 is 0 Å². The van der Waals surface area contributed by atoms with E-state index in [9.17, 15) is 0 Å². The number of pyridine rings is 1. The van der Waals surface area contributed by atoms with Gasteiger partial charge >= 0.3 is 0 Å². The van der Waals surface area contributed by atoms with Crippen LogP contribution in [0.15, 0.2) is 36.7 Å². The summed E-state index contributed by atoms with van der Waals surface area (Å²) in [6.45, 7) is 0. The zero-order valence-electron chi connectivity index (χ0n) is 9.00. The van der Waals surface area contributed by atoms with E-state index in [0.29, 0.717) is 18.0 Å². The van der Waals surface area contributed by atoms with Crippen molar-refractivity contribution < 1.29 is 0 Å². The molecule has 0 aromatic carbocycles. The molecule has 3 rings (SSSR count). The number of hydrogen-bond donors (Lipinski definition) is 0. The summed E-state index contributed by atoms with van der Waals surface area (Å²) in [5.41, 5.74) is 1.35. The Balaban J connectivity index is 1.95. The summed E-state index contributed by atoms with van der Waals surface area (Å²) in [5, 5.41) is 0. The van der Waals surface area contributed by atoms with E-state index in [4.69, 9.17) is 0 Å². The highest BCUT2D eigenvalue weighted by atomic mass is 15.2. The quantitative estimate of drug-likeness (QED) is 0.646. The zero-order chi connectivity index (χ0) is 10.3. The summed E-state index contributed by atoms with van der Waals surface area (Å²) in [5.74, 6) is 0.544. The van der Waals surface area contributed by atoms with Gasteiger partial charge in [-0.3, -0.25) is 9.88 Å². The van der Waals surface area contributed by atoms with E-state index >= 15 is 0 Å². The molecule has 1 aromatic rings. The highest BCUT2D eigenvalue weighted by molar-refractivity contribution is 5.28. The molecule has 2 aliphatic heterocycles. The van der Waals surface area contributed by atoms with Crippen LogP contribution in [0.3, 0.4) is 0 Å². The van der Waals surface area contributed by atoms with Crippen LogP contribution >= 0.6 is 0 Å². The van der Waals surface area contributed by atoms with E-state index in [2.05, 4.69) is 35.1 Å². The lowest BCUT2D eigenvalue weighted by atomic mass is 9.90. The lowest BCUT2D eigenvalue weighted by Crippen LogP contribution is -2.37. The Labute approximate surface area is 90.6 Å². The minimum absolute atomic E-state index is 0.544. The minimum Gasteiger partial charge on any atom is -0.296 e. The predicted octanol–water partition coefficient (Wildman–Crippen LogP) is 2.20. The van der Waals surface area contributed by atoms with Gasteiger partial charge in [-0.1, -0.05) is 18.2 Å². The monoisotopic (exact) mass is 200 g/mol. The van der Waals surface area contributed by atoms with Crippen molar-refractivity contribution in [2.24, 2.45) is 0 Å². The Bertz CT molecular complexity index is 371. The second-order valence-electron chi connectivity index (χ2n) is 4.57. The predicted molar refractivity (Wildman–Crippen MR) is 60.7 cm³/mol. The summed E-state index contributed by atoms with van der Waals surface area (Å²) in [7, 11) is 2.25. The molecule has 2 heteroatoms. The van der Waals surface area contributed by atoms with Gasteiger partial charge in [0.25, 0.3) is 0 Å². The van der Waals surface area contributed by atoms with Crippen molar-refractivity contribution in [3.05, 3.63) is 42.2 Å². The average Bonchev–Trinajstić information content (AvgIpc) is 2.54. The number of rotatable bonds is 1. The summed E-state index contributed by atoms with van der Waals surface area (Å²) < 4.78 is 0. The summed E-state index contributed by atoms with van der Waals surface area (Å²) in [4.78, 5) is 6.73. The SMILES string of the molecule is CN1C2C=CC(c3cccnc3)C1CC2. The number of likely N-dealkylation sites (N-methyl/N-ethyl adjacent to an activating group) is 1. The second-order valence-corrected chi connectivity index (χ2v) is 4.57. The molecular weight excluding hydrogens is 184 g/mol. The molecule has 3 heterocycles. The van der Waals surface area contributed by atoms with Crippen molar-refractivity contribution in [1.82, 2.24) is 9.88 Å². The Morgan fingerprint density at radius 3 is 3.07 bits per heavy atom. The molecule has 2 nitrogen and oxygen atoms in total. The molecule has 3 unspecified atom stereocenters. The van der Waals surface area contributed by atoms with Gasteiger partial charge in [0.05, 0.1) is 0 Å². The molecule has 0 aliphatic carbocycles. The molecule has 0 saturated carbocycles. The normalized spacial score (nSPS) is 34.6. The molecule has 1 fully saturated rings. The first-order valence-corrected chi connectivity index (χ1v) is 5.66. The molecule has 2 aliphatic rings. The molecule has 3 atom stereocenters. The maximum atomic E-state index is 4.21. The number of nitrogens with zero attached hydrogens (tertiary/aromatic N) is 2. The van der Waals surface area contributed by atoms with E-state index in [1.165, 1.54) is 18.4 Å². The Hall–Kier alpha value is -1.15. The fraction of sp³-hybridized carbons (Fsp3) is 0.462. The van der Waals surface area contributed by atoms with Crippen molar-refractivity contribution in [2.75, 3.05) is 7.05 Å². The first kappa shape index (κ1) is 9.10. The minimum atomic E-state index is 0.544. The topological polar surface area (TPSA) is 16.1 Å². The van der Waals surface area contributed by atoms with Crippen LogP contribution in [0.25, 0.3) is 0 Å². The van der Waals surface area contributed by atoms with Crippen LogP contribution in [0.4, 0.5) is 0 Å². The van der Waals surface area contributed by atoms with Gasteiger partial charge < -0.3 is 0 Å². The van der Waals surface area contributed by atoms with E-state index < -0.39 is 0 Å². The van der Waals surface area contributed by atoms with Crippen LogP contribution in [0, 0.1) is 0 Å². The van der Waals surface area contributed by atoms with E-state index in [1.807, 2.05) is 18.5 Å². The van der Waals surface area contributed by atoms with Crippen LogP contribution in [0.5, 0.6) is 0 Å². The van der Waals surface area contributed by atoms with Crippen molar-refractivity contribution in [2.45, 2.75) is 30.8 Å². The van der Waals surface area contributed by atoms with Gasteiger partial charge in [-0.05, 0) is 31.5 Å². The third kappa shape index (κ3) is 1.40. The molecule has 78 valence electrons. The molecule has 0 radical (unpaired) electrons. The molecule has 0 N–H and O–H groups in total. The second kappa shape index (κ2) is 3.46. The third-order valence-electron chi connectivity index (χ3n) is 3.83. The Morgan fingerprint density at radius 1 is 1.33 bits per heavy atom. The van der Waals surface area contributed by atoms with Gasteiger partial charge in [-0.25, -0.2) is 0 Å². The molecular formula is C13H16N2. The molecule has 1 saturated heterocycles. The average molecular weight is 200 g/mol. The van der Waals surface area contributed by atoms with E-state index in [1.54, 1.807) is 0 Å². The zero-order valence-corrected chi connectivity index (χ0v) is 9.00. The largest absolute Gasteiger partial charge is 0.296 e. The highest BCUT2D eigenvalue weighted by Gasteiger charge is 2.37. The van der Waals surface area contributed by atoms with Crippen LogP contribution in [0.2, 0.25) is 0 Å². The maximum Gasteiger partial charge on any atom is 0.0306 e. The van der Waals surface area contributed by atoms with Crippen molar-refractivity contribution in [1.29, 1.82) is 0 Å². The van der Waals surface area contributed by atoms with Crippen molar-refractivity contribution >= 4 is 0 Å². The van der Waals surface area contributed by atoms with Gasteiger partial charge in [0.15, 0.2) is 0 Å². The standard InChI is InChI=1S/C13H16N2/c1-15-11-4-6-12(13(15)7-5-11)10-3-2-8-14-9-10/h2-4,6,8-9,11-13H,5,7H2,1H3. The smallest absolute Gasteiger partial charge is 0.0306 e. The van der Waals surface area contributed by atoms with Crippen LogP contribution in [0.1, 0.15) is 24.3 Å². The molecule has 1 aromatic heterocycles. The number of hydrogen-bond acceptors (Lipinski definition) is 2. The summed E-state index contributed by atoms with van der Waals surface area (Å²) in [6, 6.07) is 5.59. The molecule has 0 spiro atoms. The van der Waals surface area contributed by atoms with Crippen LogP contribution in [-0.2, 0) is 0 Å². The maximum absolute atomic E-state index is 4.21. The Morgan fingerprint density at radius 2 is 2.27 bits per heavy atom. The van der Waals surface area contributed by atoms with Gasteiger partial charge in [0, 0.05) is 30.4 Å². The van der Waals surface area contributed by atoms with E-state index in [0.717, 1.165) is 0 Å². The van der Waals surface area contributed by atoms with Crippen molar-refractivity contribution in [3.8, 4) is 0 Å². The fourth-order valence-corrected chi connectivity index (χ4v) is 2.94. The summed E-state index contributed by atoms with van der Waals surface area (Å²) >= 11 is 0. The first-order chi connectivity index (χ1) is 7.36. The molecule has 2 bridgehead atoms.